The van der Waals surface area contributed by atoms with Gasteiger partial charge >= 0.3 is 5.97 Å². The summed E-state index contributed by atoms with van der Waals surface area (Å²) in [7, 11) is 0. The van der Waals surface area contributed by atoms with Gasteiger partial charge in [0.05, 0.1) is 5.69 Å². The van der Waals surface area contributed by atoms with Gasteiger partial charge in [0.1, 0.15) is 17.9 Å². The van der Waals surface area contributed by atoms with E-state index < -0.39 is 11.6 Å². The lowest BCUT2D eigenvalue weighted by molar-refractivity contribution is -0.153. The Bertz CT molecular complexity index is 551. The van der Waals surface area contributed by atoms with Crippen LogP contribution in [0.3, 0.4) is 0 Å². The van der Waals surface area contributed by atoms with Crippen molar-refractivity contribution in [3.63, 3.8) is 0 Å². The molecule has 108 valence electrons. The molecule has 0 atom stereocenters. The van der Waals surface area contributed by atoms with Crippen LogP contribution < -0.4 is 9.64 Å². The van der Waals surface area contributed by atoms with Gasteiger partial charge in [-0.15, -0.1) is 0 Å². The van der Waals surface area contributed by atoms with Gasteiger partial charge in [-0.3, -0.25) is 14.5 Å². The summed E-state index contributed by atoms with van der Waals surface area (Å²) < 4.78 is 11.5. The SMILES string of the molecule is CC(C)(C)OC(=O)CN1C(=O)COc2cc(Br)ccc21. The minimum atomic E-state index is -0.574. The molecule has 0 saturated heterocycles. The van der Waals surface area contributed by atoms with Crippen LogP contribution in [0.1, 0.15) is 20.8 Å². The molecule has 0 radical (unpaired) electrons. The van der Waals surface area contributed by atoms with Crippen LogP contribution in [0.15, 0.2) is 22.7 Å². The minimum Gasteiger partial charge on any atom is -0.482 e. The molecule has 1 aliphatic rings. The molecule has 0 saturated carbocycles. The Hall–Kier alpha value is -1.56. The normalized spacial score (nSPS) is 14.6. The summed E-state index contributed by atoms with van der Waals surface area (Å²) in [5, 5.41) is 0. The van der Waals surface area contributed by atoms with Gasteiger partial charge in [0.15, 0.2) is 6.61 Å². The standard InChI is InChI=1S/C14H16BrNO4/c1-14(2,3)20-13(18)7-16-10-5-4-9(15)6-11(10)19-8-12(16)17/h4-6H,7-8H2,1-3H3. The van der Waals surface area contributed by atoms with Crippen LogP contribution in [0.25, 0.3) is 0 Å². The minimum absolute atomic E-state index is 0.0771. The average molecular weight is 342 g/mol. The number of fused-ring (bicyclic) bond motifs is 1. The molecule has 1 aliphatic heterocycles. The second-order valence-corrected chi connectivity index (χ2v) is 6.38. The first-order valence-electron chi connectivity index (χ1n) is 6.21. The maximum atomic E-state index is 11.9. The number of hydrogen-bond acceptors (Lipinski definition) is 4. The van der Waals surface area contributed by atoms with Gasteiger partial charge in [-0.25, -0.2) is 0 Å². The molecule has 1 heterocycles. The van der Waals surface area contributed by atoms with Crippen LogP contribution in [-0.2, 0) is 14.3 Å². The fourth-order valence-corrected chi connectivity index (χ4v) is 2.19. The molecule has 0 aromatic heterocycles. The summed E-state index contributed by atoms with van der Waals surface area (Å²) in [4.78, 5) is 25.2. The maximum Gasteiger partial charge on any atom is 0.326 e. The molecular weight excluding hydrogens is 326 g/mol. The van der Waals surface area contributed by atoms with Crippen LogP contribution in [-0.4, -0.2) is 30.6 Å². The Morgan fingerprint density at radius 2 is 2.15 bits per heavy atom. The van der Waals surface area contributed by atoms with Gasteiger partial charge in [0, 0.05) is 4.47 Å². The lowest BCUT2D eigenvalue weighted by Crippen LogP contribution is -2.43. The van der Waals surface area contributed by atoms with E-state index in [1.54, 1.807) is 39.0 Å². The predicted molar refractivity (Wildman–Crippen MR) is 77.8 cm³/mol. The van der Waals surface area contributed by atoms with Crippen LogP contribution in [0, 0.1) is 0 Å². The third-order valence-electron chi connectivity index (χ3n) is 2.57. The van der Waals surface area contributed by atoms with Crippen LogP contribution in [0.2, 0.25) is 0 Å². The third-order valence-corrected chi connectivity index (χ3v) is 3.07. The van der Waals surface area contributed by atoms with Crippen molar-refractivity contribution in [2.75, 3.05) is 18.1 Å². The number of halogens is 1. The number of hydrogen-bond donors (Lipinski definition) is 0. The molecule has 5 nitrogen and oxygen atoms in total. The summed E-state index contributed by atoms with van der Waals surface area (Å²) in [5.74, 6) is -0.130. The smallest absolute Gasteiger partial charge is 0.326 e. The van der Waals surface area contributed by atoms with Crippen LogP contribution in [0.5, 0.6) is 5.75 Å². The summed E-state index contributed by atoms with van der Waals surface area (Å²) in [6.07, 6.45) is 0. The highest BCUT2D eigenvalue weighted by Gasteiger charge is 2.29. The molecule has 0 N–H and O–H groups in total. The second kappa shape index (κ2) is 5.44. The molecule has 0 aliphatic carbocycles. The Balaban J connectivity index is 2.20. The zero-order valence-electron chi connectivity index (χ0n) is 11.6. The quantitative estimate of drug-likeness (QED) is 0.775. The second-order valence-electron chi connectivity index (χ2n) is 5.47. The van der Waals surface area contributed by atoms with E-state index in [2.05, 4.69) is 15.9 Å². The van der Waals surface area contributed by atoms with Crippen LogP contribution >= 0.6 is 15.9 Å². The van der Waals surface area contributed by atoms with Crippen molar-refractivity contribution in [2.45, 2.75) is 26.4 Å². The van der Waals surface area contributed by atoms with Gasteiger partial charge in [-0.1, -0.05) is 15.9 Å². The van der Waals surface area contributed by atoms with Crippen molar-refractivity contribution >= 4 is 33.5 Å². The molecule has 1 aromatic rings. The first-order valence-corrected chi connectivity index (χ1v) is 7.00. The van der Waals surface area contributed by atoms with E-state index in [-0.39, 0.29) is 19.1 Å². The molecule has 1 amide bonds. The van der Waals surface area contributed by atoms with E-state index in [1.807, 2.05) is 0 Å². The summed E-state index contributed by atoms with van der Waals surface area (Å²) in [5.41, 5.74) is 0.00455. The fraction of sp³-hybridized carbons (Fsp3) is 0.429. The topological polar surface area (TPSA) is 55.8 Å². The zero-order chi connectivity index (χ0) is 14.9. The lowest BCUT2D eigenvalue weighted by atomic mass is 10.2. The number of rotatable bonds is 2. The van der Waals surface area contributed by atoms with Crippen molar-refractivity contribution < 1.29 is 19.1 Å². The van der Waals surface area contributed by atoms with Gasteiger partial charge in [-0.05, 0) is 39.0 Å². The monoisotopic (exact) mass is 341 g/mol. The zero-order valence-corrected chi connectivity index (χ0v) is 13.2. The highest BCUT2D eigenvalue weighted by atomic mass is 79.9. The maximum absolute atomic E-state index is 11.9. The number of benzene rings is 1. The summed E-state index contributed by atoms with van der Waals surface area (Å²) in [6, 6.07) is 5.30. The Morgan fingerprint density at radius 1 is 1.45 bits per heavy atom. The van der Waals surface area contributed by atoms with E-state index in [1.165, 1.54) is 4.90 Å². The summed E-state index contributed by atoms with van der Waals surface area (Å²) >= 11 is 3.34. The number of ether oxygens (including phenoxy) is 2. The number of esters is 1. The first kappa shape index (κ1) is 14.8. The van der Waals surface area contributed by atoms with Crippen molar-refractivity contribution in [1.29, 1.82) is 0 Å². The Kier molecular flexibility index (Phi) is 4.04. The third kappa shape index (κ3) is 3.50. The Labute approximate surface area is 126 Å². The molecular formula is C14H16BrNO4. The number of carbonyl (C=O) groups excluding carboxylic acids is 2. The van der Waals surface area contributed by atoms with Gasteiger partial charge in [0.2, 0.25) is 0 Å². The molecule has 0 spiro atoms. The van der Waals surface area contributed by atoms with Crippen molar-refractivity contribution in [3.05, 3.63) is 22.7 Å². The van der Waals surface area contributed by atoms with Gasteiger partial charge < -0.3 is 9.47 Å². The number of nitrogens with zero attached hydrogens (tertiary/aromatic N) is 1. The van der Waals surface area contributed by atoms with E-state index in [4.69, 9.17) is 9.47 Å². The largest absolute Gasteiger partial charge is 0.482 e. The predicted octanol–water partition coefficient (Wildman–Crippen LogP) is 2.52. The molecule has 6 heteroatoms. The van der Waals surface area contributed by atoms with E-state index in [9.17, 15) is 9.59 Å². The summed E-state index contributed by atoms with van der Waals surface area (Å²) in [6.45, 7) is 5.17. The molecule has 20 heavy (non-hydrogen) atoms. The number of amides is 1. The van der Waals surface area contributed by atoms with E-state index in [0.717, 1.165) is 4.47 Å². The van der Waals surface area contributed by atoms with Crippen molar-refractivity contribution in [1.82, 2.24) is 0 Å². The highest BCUT2D eigenvalue weighted by molar-refractivity contribution is 9.10. The van der Waals surface area contributed by atoms with Gasteiger partial charge in [0.25, 0.3) is 5.91 Å². The number of carbonyl (C=O) groups is 2. The van der Waals surface area contributed by atoms with Crippen molar-refractivity contribution in [3.8, 4) is 5.75 Å². The molecule has 2 rings (SSSR count). The highest BCUT2D eigenvalue weighted by Crippen LogP contribution is 2.34. The van der Waals surface area contributed by atoms with E-state index >= 15 is 0 Å². The van der Waals surface area contributed by atoms with Crippen molar-refractivity contribution in [2.24, 2.45) is 0 Å². The molecule has 0 fully saturated rings. The molecule has 1 aromatic carbocycles. The van der Waals surface area contributed by atoms with Gasteiger partial charge in [-0.2, -0.15) is 0 Å². The lowest BCUT2D eigenvalue weighted by Gasteiger charge is -2.29. The average Bonchev–Trinajstić information content (AvgIpc) is 2.30. The Morgan fingerprint density at radius 3 is 2.80 bits per heavy atom. The molecule has 0 bridgehead atoms. The number of anilines is 1. The van der Waals surface area contributed by atoms with E-state index in [0.29, 0.717) is 11.4 Å². The first-order chi connectivity index (χ1) is 9.26. The molecule has 0 unspecified atom stereocenters. The fourth-order valence-electron chi connectivity index (χ4n) is 1.85. The van der Waals surface area contributed by atoms with Crippen LogP contribution in [0.4, 0.5) is 5.69 Å².